The zero-order valence-electron chi connectivity index (χ0n) is 18.0. The fourth-order valence-corrected chi connectivity index (χ4v) is 4.78. The van der Waals surface area contributed by atoms with E-state index in [1.165, 1.54) is 0 Å². The number of carbonyl (C=O) groups excluding carboxylic acids is 1. The molecular weight excluding hydrogens is 378 g/mol. The van der Waals surface area contributed by atoms with Crippen LogP contribution in [0.2, 0.25) is 0 Å². The van der Waals surface area contributed by atoms with E-state index in [-0.39, 0.29) is 17.5 Å². The summed E-state index contributed by atoms with van der Waals surface area (Å²) in [7, 11) is 3.80. The summed E-state index contributed by atoms with van der Waals surface area (Å²) in [4.78, 5) is 31.1. The second-order valence-electron chi connectivity index (χ2n) is 8.36. The number of rotatable bonds is 6. The highest BCUT2D eigenvalue weighted by Gasteiger charge is 2.32. The third-order valence-corrected chi connectivity index (χ3v) is 6.44. The number of methoxy groups -OCH3 is 1. The summed E-state index contributed by atoms with van der Waals surface area (Å²) in [6, 6.07) is 11.7. The maximum Gasteiger partial charge on any atom is 0.256 e. The van der Waals surface area contributed by atoms with Crippen molar-refractivity contribution in [2.45, 2.75) is 38.3 Å². The maximum absolute atomic E-state index is 14.0. The molecule has 30 heavy (non-hydrogen) atoms. The van der Waals surface area contributed by atoms with Gasteiger partial charge in [-0.05, 0) is 51.4 Å². The van der Waals surface area contributed by atoms with E-state index in [2.05, 4.69) is 11.9 Å². The standard InChI is InChI=1S/C24H31N3O3/c1-25-13-10-19(11-14-25)26(15-16-30-2)24(29)23-20(18-7-4-3-5-8-18)17-22(28)27-12-6-9-21(23)27/h3-5,7-8,17,19H,6,9-16H2,1-2H3. The molecule has 0 atom stereocenters. The number of fused-ring (bicyclic) bond motifs is 1. The van der Waals surface area contributed by atoms with Crippen LogP contribution in [0.4, 0.5) is 0 Å². The first-order chi connectivity index (χ1) is 14.6. The molecule has 3 heterocycles. The van der Waals surface area contributed by atoms with Crippen LogP contribution < -0.4 is 5.56 Å². The molecule has 0 N–H and O–H groups in total. The molecule has 1 saturated heterocycles. The molecule has 0 bridgehead atoms. The van der Waals surface area contributed by atoms with Crippen LogP contribution in [-0.2, 0) is 17.7 Å². The minimum atomic E-state index is -0.0133. The lowest BCUT2D eigenvalue weighted by Crippen LogP contribution is -2.48. The van der Waals surface area contributed by atoms with Gasteiger partial charge in [0.2, 0.25) is 0 Å². The summed E-state index contributed by atoms with van der Waals surface area (Å²) in [5.74, 6) is 0.0334. The highest BCUT2D eigenvalue weighted by atomic mass is 16.5. The largest absolute Gasteiger partial charge is 0.383 e. The van der Waals surface area contributed by atoms with Crippen molar-refractivity contribution >= 4 is 5.91 Å². The summed E-state index contributed by atoms with van der Waals surface area (Å²) >= 11 is 0. The molecule has 0 spiro atoms. The molecule has 2 aliphatic rings. The van der Waals surface area contributed by atoms with Gasteiger partial charge in [-0.25, -0.2) is 0 Å². The number of carbonyl (C=O) groups is 1. The SMILES string of the molecule is COCCN(C(=O)c1c(-c2ccccc2)cc(=O)n2c1CCC2)C1CCN(C)CC1. The molecule has 6 heteroatoms. The lowest BCUT2D eigenvalue weighted by Gasteiger charge is -2.38. The average molecular weight is 410 g/mol. The quantitative estimate of drug-likeness (QED) is 0.736. The normalized spacial score (nSPS) is 17.1. The first-order valence-electron chi connectivity index (χ1n) is 10.9. The van der Waals surface area contributed by atoms with Crippen LogP contribution >= 0.6 is 0 Å². The summed E-state index contributed by atoms with van der Waals surface area (Å²) in [6.07, 6.45) is 3.59. The average Bonchev–Trinajstić information content (AvgIpc) is 3.26. The zero-order valence-corrected chi connectivity index (χ0v) is 18.0. The van der Waals surface area contributed by atoms with E-state index in [9.17, 15) is 9.59 Å². The van der Waals surface area contributed by atoms with Gasteiger partial charge in [0.25, 0.3) is 11.5 Å². The fraction of sp³-hybridized carbons (Fsp3) is 0.500. The van der Waals surface area contributed by atoms with Crippen molar-refractivity contribution in [1.82, 2.24) is 14.4 Å². The molecule has 1 fully saturated rings. The van der Waals surface area contributed by atoms with E-state index in [4.69, 9.17) is 4.74 Å². The third kappa shape index (κ3) is 4.07. The van der Waals surface area contributed by atoms with Gasteiger partial charge < -0.3 is 19.1 Å². The van der Waals surface area contributed by atoms with Gasteiger partial charge in [0.1, 0.15) is 0 Å². The van der Waals surface area contributed by atoms with Crippen molar-refractivity contribution in [3.05, 3.63) is 58.0 Å². The van der Waals surface area contributed by atoms with Crippen molar-refractivity contribution in [3.63, 3.8) is 0 Å². The molecule has 0 aliphatic carbocycles. The van der Waals surface area contributed by atoms with Crippen LogP contribution in [-0.4, -0.2) is 66.7 Å². The fourth-order valence-electron chi connectivity index (χ4n) is 4.78. The molecule has 0 radical (unpaired) electrons. The number of hydrogen-bond donors (Lipinski definition) is 0. The summed E-state index contributed by atoms with van der Waals surface area (Å²) in [5.41, 5.74) is 3.26. The van der Waals surface area contributed by atoms with Crippen LogP contribution in [0.5, 0.6) is 0 Å². The van der Waals surface area contributed by atoms with Gasteiger partial charge in [-0.1, -0.05) is 30.3 Å². The van der Waals surface area contributed by atoms with E-state index in [0.29, 0.717) is 25.3 Å². The Morgan fingerprint density at radius 2 is 1.90 bits per heavy atom. The van der Waals surface area contributed by atoms with E-state index in [1.54, 1.807) is 17.7 Å². The van der Waals surface area contributed by atoms with Gasteiger partial charge in [0.15, 0.2) is 0 Å². The number of likely N-dealkylation sites (tertiary alicyclic amines) is 1. The Morgan fingerprint density at radius 3 is 2.60 bits per heavy atom. The van der Waals surface area contributed by atoms with E-state index in [1.807, 2.05) is 35.2 Å². The number of benzene rings is 1. The highest BCUT2D eigenvalue weighted by Crippen LogP contribution is 2.30. The number of amides is 1. The van der Waals surface area contributed by atoms with Crippen LogP contribution in [0.15, 0.2) is 41.2 Å². The van der Waals surface area contributed by atoms with Crippen LogP contribution in [0.1, 0.15) is 35.3 Å². The highest BCUT2D eigenvalue weighted by molar-refractivity contribution is 6.02. The van der Waals surface area contributed by atoms with Crippen LogP contribution in [0.25, 0.3) is 11.1 Å². The van der Waals surface area contributed by atoms with Gasteiger partial charge in [-0.15, -0.1) is 0 Å². The lowest BCUT2D eigenvalue weighted by atomic mass is 9.95. The maximum atomic E-state index is 14.0. The van der Waals surface area contributed by atoms with Gasteiger partial charge in [-0.3, -0.25) is 9.59 Å². The molecule has 0 saturated carbocycles. The van der Waals surface area contributed by atoms with E-state index >= 15 is 0 Å². The minimum Gasteiger partial charge on any atom is -0.383 e. The molecule has 1 amide bonds. The van der Waals surface area contributed by atoms with Crippen molar-refractivity contribution in [3.8, 4) is 11.1 Å². The predicted molar refractivity (Wildman–Crippen MR) is 118 cm³/mol. The number of hydrogen-bond acceptors (Lipinski definition) is 4. The molecule has 2 aromatic rings. The van der Waals surface area contributed by atoms with Gasteiger partial charge in [0, 0.05) is 43.6 Å². The van der Waals surface area contributed by atoms with Crippen LogP contribution in [0, 0.1) is 0 Å². The zero-order chi connectivity index (χ0) is 21.1. The second-order valence-corrected chi connectivity index (χ2v) is 8.36. The Balaban J connectivity index is 1.79. The molecule has 1 aromatic carbocycles. The molecular formula is C24H31N3O3. The Hall–Kier alpha value is -2.44. The van der Waals surface area contributed by atoms with Crippen molar-refractivity contribution in [2.24, 2.45) is 0 Å². The molecule has 0 unspecified atom stereocenters. The van der Waals surface area contributed by atoms with E-state index < -0.39 is 0 Å². The first-order valence-corrected chi connectivity index (χ1v) is 10.9. The summed E-state index contributed by atoms with van der Waals surface area (Å²) in [6.45, 7) is 3.73. The predicted octanol–water partition coefficient (Wildman–Crippen LogP) is 2.64. The molecule has 2 aliphatic heterocycles. The number of nitrogens with zero attached hydrogens (tertiary/aromatic N) is 3. The Bertz CT molecular complexity index is 946. The topological polar surface area (TPSA) is 54.8 Å². The number of ether oxygens (including phenoxy) is 1. The van der Waals surface area contributed by atoms with Gasteiger partial charge >= 0.3 is 0 Å². The van der Waals surface area contributed by atoms with Crippen molar-refractivity contribution in [2.75, 3.05) is 40.4 Å². The van der Waals surface area contributed by atoms with Crippen molar-refractivity contribution in [1.29, 1.82) is 0 Å². The lowest BCUT2D eigenvalue weighted by molar-refractivity contribution is 0.0504. The Morgan fingerprint density at radius 1 is 1.17 bits per heavy atom. The Labute approximate surface area is 178 Å². The minimum absolute atomic E-state index is 0.0133. The third-order valence-electron chi connectivity index (χ3n) is 6.44. The number of pyridine rings is 1. The van der Waals surface area contributed by atoms with Gasteiger partial charge in [-0.2, -0.15) is 0 Å². The molecule has 4 rings (SSSR count). The first kappa shape index (κ1) is 20.8. The molecule has 1 aromatic heterocycles. The summed E-state index contributed by atoms with van der Waals surface area (Å²) < 4.78 is 7.13. The molecule has 6 nitrogen and oxygen atoms in total. The smallest absolute Gasteiger partial charge is 0.256 e. The Kier molecular flexibility index (Phi) is 6.35. The number of piperidine rings is 1. The monoisotopic (exact) mass is 409 g/mol. The second kappa shape index (κ2) is 9.14. The number of aromatic nitrogens is 1. The summed E-state index contributed by atoms with van der Waals surface area (Å²) in [5, 5.41) is 0. The van der Waals surface area contributed by atoms with Gasteiger partial charge in [0.05, 0.1) is 12.2 Å². The molecule has 160 valence electrons. The van der Waals surface area contributed by atoms with Crippen LogP contribution in [0.3, 0.4) is 0 Å². The van der Waals surface area contributed by atoms with E-state index in [0.717, 1.165) is 55.6 Å². The van der Waals surface area contributed by atoms with Crippen molar-refractivity contribution < 1.29 is 9.53 Å².